The second kappa shape index (κ2) is 11.4. The highest BCUT2D eigenvalue weighted by Gasteiger charge is 2.42. The molecule has 0 saturated carbocycles. The molecule has 7 aromatic carbocycles. The van der Waals surface area contributed by atoms with E-state index in [1.165, 1.54) is 64.6 Å². The molecule has 0 N–H and O–H groups in total. The Balaban J connectivity index is 1.26. The van der Waals surface area contributed by atoms with Gasteiger partial charge in [-0.1, -0.05) is 125 Å². The van der Waals surface area contributed by atoms with Crippen LogP contribution in [0.2, 0.25) is 0 Å². The number of rotatable bonds is 5. The Morgan fingerprint density at radius 2 is 1.17 bits per heavy atom. The largest absolute Gasteiger partial charge is 0.456 e. The fraction of sp³-hybridized carbons (Fsp3) is 0.143. The van der Waals surface area contributed by atoms with Gasteiger partial charge < -0.3 is 9.32 Å². The van der Waals surface area contributed by atoms with Crippen LogP contribution in [0.15, 0.2) is 156 Å². The fourth-order valence-corrected chi connectivity index (χ4v) is 10.3. The maximum Gasteiger partial charge on any atom is 0.135 e. The lowest BCUT2D eigenvalue weighted by atomic mass is 9.82. The Hall–Kier alpha value is -5.64. The molecule has 0 atom stereocenters. The van der Waals surface area contributed by atoms with E-state index in [0.29, 0.717) is 0 Å². The minimum atomic E-state index is 0.0994. The van der Waals surface area contributed by atoms with E-state index in [1.807, 2.05) is 11.3 Å². The molecule has 52 heavy (non-hydrogen) atoms. The third-order valence-electron chi connectivity index (χ3n) is 11.2. The first kappa shape index (κ1) is 31.1. The van der Waals surface area contributed by atoms with Gasteiger partial charge in [-0.25, -0.2) is 0 Å². The van der Waals surface area contributed by atoms with E-state index in [2.05, 4.69) is 184 Å². The van der Waals surface area contributed by atoms with Crippen molar-refractivity contribution in [2.45, 2.75) is 44.9 Å². The summed E-state index contributed by atoms with van der Waals surface area (Å²) in [4.78, 5) is 2.48. The normalized spacial score (nSPS) is 14.8. The van der Waals surface area contributed by atoms with Crippen molar-refractivity contribution in [3.63, 3.8) is 0 Å². The van der Waals surface area contributed by atoms with Crippen molar-refractivity contribution < 1.29 is 4.42 Å². The standard InChI is InChI=1S/C49H39NOS/c1-48(2)30-49(3,4)41-29-45-39(28-40(41)48)38-27-34(23-25-44(38)51-45)50(43-20-13-19-36-35-18-11-12-21-46(35)52-47(36)43)42-24-22-33(31-14-7-5-8-15-31)26-37(42)32-16-9-6-10-17-32/h5-29H,30H2,1-4H3. The summed E-state index contributed by atoms with van der Waals surface area (Å²) in [6, 6.07) is 55.5. The van der Waals surface area contributed by atoms with Crippen LogP contribution in [0, 0.1) is 0 Å². The minimum absolute atomic E-state index is 0.0994. The maximum atomic E-state index is 6.64. The predicted octanol–water partition coefficient (Wildman–Crippen LogP) is 14.7. The minimum Gasteiger partial charge on any atom is -0.456 e. The Labute approximate surface area is 308 Å². The molecular weight excluding hydrogens is 651 g/mol. The molecule has 2 heterocycles. The summed E-state index contributed by atoms with van der Waals surface area (Å²) >= 11 is 1.87. The molecule has 10 rings (SSSR count). The van der Waals surface area contributed by atoms with Gasteiger partial charge in [-0.2, -0.15) is 0 Å². The summed E-state index contributed by atoms with van der Waals surface area (Å²) in [6.07, 6.45) is 1.12. The van der Waals surface area contributed by atoms with Crippen LogP contribution in [-0.4, -0.2) is 0 Å². The zero-order valence-electron chi connectivity index (χ0n) is 29.9. The van der Waals surface area contributed by atoms with Gasteiger partial charge in [0.05, 0.1) is 16.1 Å². The molecule has 1 aliphatic rings. The molecule has 0 fully saturated rings. The molecule has 2 aromatic heterocycles. The average Bonchev–Trinajstić information content (AvgIpc) is 3.78. The van der Waals surface area contributed by atoms with Crippen LogP contribution in [-0.2, 0) is 10.8 Å². The van der Waals surface area contributed by atoms with Crippen molar-refractivity contribution in [1.29, 1.82) is 0 Å². The summed E-state index contributed by atoms with van der Waals surface area (Å²) in [5, 5.41) is 4.90. The second-order valence-corrected chi connectivity index (χ2v) is 16.7. The first-order chi connectivity index (χ1) is 25.2. The molecule has 3 heteroatoms. The van der Waals surface area contributed by atoms with E-state index in [-0.39, 0.29) is 10.8 Å². The number of fused-ring (bicyclic) bond motifs is 7. The van der Waals surface area contributed by atoms with Crippen LogP contribution in [0.25, 0.3) is 64.4 Å². The number of nitrogens with zero attached hydrogens (tertiary/aromatic N) is 1. The summed E-state index contributed by atoms with van der Waals surface area (Å²) < 4.78 is 9.20. The van der Waals surface area contributed by atoms with Gasteiger partial charge in [0.2, 0.25) is 0 Å². The van der Waals surface area contributed by atoms with Crippen LogP contribution < -0.4 is 4.90 Å². The van der Waals surface area contributed by atoms with E-state index in [0.717, 1.165) is 34.3 Å². The summed E-state index contributed by atoms with van der Waals surface area (Å²) in [6.45, 7) is 9.51. The molecule has 0 unspecified atom stereocenters. The Morgan fingerprint density at radius 1 is 0.500 bits per heavy atom. The van der Waals surface area contributed by atoms with Crippen LogP contribution in [0.3, 0.4) is 0 Å². The van der Waals surface area contributed by atoms with Crippen LogP contribution in [0.5, 0.6) is 0 Å². The van der Waals surface area contributed by atoms with Crippen molar-refractivity contribution in [2.75, 3.05) is 4.90 Å². The Morgan fingerprint density at radius 3 is 1.96 bits per heavy atom. The van der Waals surface area contributed by atoms with Gasteiger partial charge in [-0.15, -0.1) is 11.3 Å². The van der Waals surface area contributed by atoms with E-state index in [1.54, 1.807) is 0 Å². The van der Waals surface area contributed by atoms with E-state index < -0.39 is 0 Å². The third-order valence-corrected chi connectivity index (χ3v) is 12.5. The highest BCUT2D eigenvalue weighted by molar-refractivity contribution is 7.26. The van der Waals surface area contributed by atoms with Crippen molar-refractivity contribution >= 4 is 70.5 Å². The third kappa shape index (κ3) is 4.83. The number of benzene rings is 7. The summed E-state index contributed by atoms with van der Waals surface area (Å²) in [7, 11) is 0. The SMILES string of the molecule is CC1(C)CC(C)(C)c2cc3c(cc21)oc1ccc(N(c2ccc(-c4ccccc4)cc2-c2ccccc2)c2cccc4c2sc2ccccc24)cc13. The lowest BCUT2D eigenvalue weighted by Gasteiger charge is -2.29. The smallest absolute Gasteiger partial charge is 0.135 e. The topological polar surface area (TPSA) is 16.4 Å². The molecule has 9 aromatic rings. The Kier molecular flexibility index (Phi) is 6.84. The predicted molar refractivity (Wildman–Crippen MR) is 223 cm³/mol. The first-order valence-electron chi connectivity index (χ1n) is 18.2. The Bertz CT molecular complexity index is 2820. The van der Waals surface area contributed by atoms with E-state index >= 15 is 0 Å². The molecule has 2 nitrogen and oxygen atoms in total. The molecule has 1 aliphatic carbocycles. The molecule has 252 valence electrons. The lowest BCUT2D eigenvalue weighted by Crippen LogP contribution is -2.17. The quantitative estimate of drug-likeness (QED) is 0.179. The average molecular weight is 690 g/mol. The van der Waals surface area contributed by atoms with Gasteiger partial charge in [0, 0.05) is 37.5 Å². The number of thiophene rings is 1. The zero-order valence-corrected chi connectivity index (χ0v) is 30.7. The number of anilines is 3. The van der Waals surface area contributed by atoms with Crippen LogP contribution in [0.1, 0.15) is 45.2 Å². The van der Waals surface area contributed by atoms with E-state index in [4.69, 9.17) is 4.42 Å². The first-order valence-corrected chi connectivity index (χ1v) is 19.0. The molecule has 0 amide bonds. The summed E-state index contributed by atoms with van der Waals surface area (Å²) in [5.41, 5.74) is 13.1. The summed E-state index contributed by atoms with van der Waals surface area (Å²) in [5.74, 6) is 0. The number of hydrogen-bond acceptors (Lipinski definition) is 3. The van der Waals surface area contributed by atoms with Crippen LogP contribution in [0.4, 0.5) is 17.1 Å². The highest BCUT2D eigenvalue weighted by Crippen LogP contribution is 2.52. The van der Waals surface area contributed by atoms with Gasteiger partial charge in [-0.3, -0.25) is 0 Å². The van der Waals surface area contributed by atoms with E-state index in [9.17, 15) is 0 Å². The van der Waals surface area contributed by atoms with Crippen molar-refractivity contribution in [3.8, 4) is 22.3 Å². The molecular formula is C49H39NOS. The molecule has 0 radical (unpaired) electrons. The van der Waals surface area contributed by atoms with Gasteiger partial charge in [0.1, 0.15) is 11.2 Å². The zero-order chi connectivity index (χ0) is 35.2. The molecule has 0 bridgehead atoms. The fourth-order valence-electron chi connectivity index (χ4n) is 9.07. The van der Waals surface area contributed by atoms with Gasteiger partial charge in [0.15, 0.2) is 0 Å². The lowest BCUT2D eigenvalue weighted by molar-refractivity contribution is 0.403. The van der Waals surface area contributed by atoms with Gasteiger partial charge in [0.25, 0.3) is 0 Å². The maximum absolute atomic E-state index is 6.64. The molecule has 0 aliphatic heterocycles. The molecule has 0 spiro atoms. The van der Waals surface area contributed by atoms with Gasteiger partial charge in [-0.05, 0) is 99.7 Å². The second-order valence-electron chi connectivity index (χ2n) is 15.7. The molecule has 0 saturated heterocycles. The van der Waals surface area contributed by atoms with Crippen molar-refractivity contribution in [2.24, 2.45) is 0 Å². The number of furan rings is 1. The van der Waals surface area contributed by atoms with Gasteiger partial charge >= 0.3 is 0 Å². The number of hydrogen-bond donors (Lipinski definition) is 0. The highest BCUT2D eigenvalue weighted by atomic mass is 32.1. The monoisotopic (exact) mass is 689 g/mol. The van der Waals surface area contributed by atoms with Crippen molar-refractivity contribution in [3.05, 3.63) is 163 Å². The van der Waals surface area contributed by atoms with Crippen LogP contribution >= 0.6 is 11.3 Å². The van der Waals surface area contributed by atoms with Crippen molar-refractivity contribution in [1.82, 2.24) is 0 Å².